The molecule has 0 radical (unpaired) electrons. The van der Waals surface area contributed by atoms with Gasteiger partial charge in [0.1, 0.15) is 0 Å². The highest BCUT2D eigenvalue weighted by molar-refractivity contribution is 5.19. The molecule has 0 aromatic heterocycles. The van der Waals surface area contributed by atoms with Crippen molar-refractivity contribution in [3.8, 4) is 0 Å². The number of benzene rings is 1. The summed E-state index contributed by atoms with van der Waals surface area (Å²) < 4.78 is 0. The van der Waals surface area contributed by atoms with E-state index in [4.69, 9.17) is 0 Å². The van der Waals surface area contributed by atoms with Gasteiger partial charge in [-0.15, -0.1) is 0 Å². The maximum absolute atomic E-state index is 3.76. The molecule has 0 spiro atoms. The minimum atomic E-state index is 0.433. The van der Waals surface area contributed by atoms with E-state index in [-0.39, 0.29) is 0 Å². The van der Waals surface area contributed by atoms with Gasteiger partial charge in [-0.25, -0.2) is 0 Å². The molecule has 0 aliphatic carbocycles. The van der Waals surface area contributed by atoms with Crippen LogP contribution in [0.1, 0.15) is 39.3 Å². The highest BCUT2D eigenvalue weighted by Crippen LogP contribution is 2.21. The van der Waals surface area contributed by atoms with E-state index in [0.29, 0.717) is 23.9 Å². The van der Waals surface area contributed by atoms with E-state index in [9.17, 15) is 0 Å². The monoisotopic (exact) mass is 262 g/mol. The van der Waals surface area contributed by atoms with Gasteiger partial charge >= 0.3 is 0 Å². The Hall–Kier alpha value is -0.860. The van der Waals surface area contributed by atoms with Crippen molar-refractivity contribution in [1.82, 2.24) is 10.2 Å². The molecule has 0 bridgehead atoms. The van der Waals surface area contributed by atoms with Gasteiger partial charge < -0.3 is 10.2 Å². The summed E-state index contributed by atoms with van der Waals surface area (Å²) in [5.41, 5.74) is 1.39. The van der Waals surface area contributed by atoms with E-state index in [2.05, 4.69) is 82.3 Å². The molecule has 1 rings (SSSR count). The molecule has 1 aromatic rings. The molecule has 0 saturated heterocycles. The molecule has 2 heteroatoms. The lowest BCUT2D eigenvalue weighted by atomic mass is 9.95. The van der Waals surface area contributed by atoms with Crippen LogP contribution in [-0.4, -0.2) is 31.6 Å². The normalized spacial score (nSPS) is 15.2. The number of hydrogen-bond donors (Lipinski definition) is 1. The van der Waals surface area contributed by atoms with Gasteiger partial charge in [-0.05, 0) is 31.5 Å². The summed E-state index contributed by atoms with van der Waals surface area (Å²) in [5, 5.41) is 3.76. The van der Waals surface area contributed by atoms with Crippen molar-refractivity contribution in [2.24, 2.45) is 11.8 Å². The second-order valence-electron chi connectivity index (χ2n) is 6.32. The summed E-state index contributed by atoms with van der Waals surface area (Å²) >= 11 is 0. The van der Waals surface area contributed by atoms with Crippen LogP contribution < -0.4 is 5.32 Å². The summed E-state index contributed by atoms with van der Waals surface area (Å²) in [6.07, 6.45) is 0. The summed E-state index contributed by atoms with van der Waals surface area (Å²) in [6, 6.07) is 11.8. The van der Waals surface area contributed by atoms with Crippen molar-refractivity contribution in [2.75, 3.05) is 20.6 Å². The van der Waals surface area contributed by atoms with Crippen LogP contribution in [0.25, 0.3) is 0 Å². The third-order valence-electron chi connectivity index (χ3n) is 3.81. The number of hydrogen-bond acceptors (Lipinski definition) is 2. The Balaban J connectivity index is 2.70. The molecule has 0 aliphatic rings. The molecule has 0 heterocycles. The molecular weight excluding hydrogens is 232 g/mol. The fourth-order valence-corrected chi connectivity index (χ4v) is 2.66. The zero-order chi connectivity index (χ0) is 14.4. The van der Waals surface area contributed by atoms with Crippen LogP contribution >= 0.6 is 0 Å². The number of nitrogens with zero attached hydrogens (tertiary/aromatic N) is 1. The third-order valence-corrected chi connectivity index (χ3v) is 3.81. The molecule has 19 heavy (non-hydrogen) atoms. The van der Waals surface area contributed by atoms with Crippen LogP contribution in [0.2, 0.25) is 0 Å². The van der Waals surface area contributed by atoms with Gasteiger partial charge in [-0.2, -0.15) is 0 Å². The molecule has 108 valence electrons. The summed E-state index contributed by atoms with van der Waals surface area (Å²) in [5.74, 6) is 1.25. The van der Waals surface area contributed by atoms with Crippen molar-refractivity contribution < 1.29 is 0 Å². The van der Waals surface area contributed by atoms with Gasteiger partial charge in [-0.3, -0.25) is 0 Å². The Morgan fingerprint density at radius 2 is 1.53 bits per heavy atom. The van der Waals surface area contributed by atoms with Crippen LogP contribution in [-0.2, 0) is 0 Å². The van der Waals surface area contributed by atoms with E-state index in [0.717, 1.165) is 6.54 Å². The van der Waals surface area contributed by atoms with E-state index < -0.39 is 0 Å². The van der Waals surface area contributed by atoms with Crippen molar-refractivity contribution in [3.63, 3.8) is 0 Å². The lowest BCUT2D eigenvalue weighted by molar-refractivity contribution is 0.212. The molecule has 2 nitrogen and oxygen atoms in total. The van der Waals surface area contributed by atoms with Gasteiger partial charge in [0.05, 0.1) is 0 Å². The molecule has 0 fully saturated rings. The molecule has 2 unspecified atom stereocenters. The Kier molecular flexibility index (Phi) is 6.53. The predicted octanol–water partition coefficient (Wildman–Crippen LogP) is 3.56. The van der Waals surface area contributed by atoms with Gasteiger partial charge in [0, 0.05) is 18.6 Å². The van der Waals surface area contributed by atoms with Crippen LogP contribution in [0, 0.1) is 11.8 Å². The number of rotatable bonds is 7. The molecule has 0 saturated carbocycles. The molecule has 1 N–H and O–H groups in total. The highest BCUT2D eigenvalue weighted by Gasteiger charge is 2.20. The van der Waals surface area contributed by atoms with Crippen molar-refractivity contribution in [2.45, 2.75) is 39.8 Å². The van der Waals surface area contributed by atoms with Crippen LogP contribution in [0.15, 0.2) is 30.3 Å². The smallest absolute Gasteiger partial charge is 0.0344 e. The van der Waals surface area contributed by atoms with Crippen molar-refractivity contribution >= 4 is 0 Å². The minimum Gasteiger partial charge on any atom is -0.308 e. The minimum absolute atomic E-state index is 0.433. The fourth-order valence-electron chi connectivity index (χ4n) is 2.66. The predicted molar refractivity (Wildman–Crippen MR) is 84.3 cm³/mol. The van der Waals surface area contributed by atoms with E-state index in [1.54, 1.807) is 0 Å². The van der Waals surface area contributed by atoms with Gasteiger partial charge in [0.2, 0.25) is 0 Å². The van der Waals surface area contributed by atoms with Crippen LogP contribution in [0.4, 0.5) is 0 Å². The molecule has 2 atom stereocenters. The largest absolute Gasteiger partial charge is 0.308 e. The first kappa shape index (κ1) is 16.2. The lowest BCUT2D eigenvalue weighted by Crippen LogP contribution is -2.43. The summed E-state index contributed by atoms with van der Waals surface area (Å²) in [7, 11) is 4.33. The maximum Gasteiger partial charge on any atom is 0.0344 e. The zero-order valence-electron chi connectivity index (χ0n) is 13.4. The first-order chi connectivity index (χ1) is 8.93. The van der Waals surface area contributed by atoms with Crippen molar-refractivity contribution in [1.29, 1.82) is 0 Å². The second-order valence-corrected chi connectivity index (χ2v) is 6.32. The molecule has 0 aliphatic heterocycles. The maximum atomic E-state index is 3.76. The van der Waals surface area contributed by atoms with E-state index >= 15 is 0 Å². The fraction of sp³-hybridized carbons (Fsp3) is 0.647. The molecule has 0 amide bonds. The quantitative estimate of drug-likeness (QED) is 0.808. The zero-order valence-corrected chi connectivity index (χ0v) is 13.4. The second kappa shape index (κ2) is 7.66. The topological polar surface area (TPSA) is 15.3 Å². The lowest BCUT2D eigenvalue weighted by Gasteiger charge is -2.31. The summed E-state index contributed by atoms with van der Waals surface area (Å²) in [4.78, 5) is 2.32. The van der Waals surface area contributed by atoms with Gasteiger partial charge in [0.25, 0.3) is 0 Å². The first-order valence-corrected chi connectivity index (χ1v) is 7.38. The standard InChI is InChI=1S/C17H30N2/c1-13(2)16(19(5)6)12-18-17(14(3)4)15-10-8-7-9-11-15/h7-11,13-14,16-18H,12H2,1-6H3. The summed E-state index contributed by atoms with van der Waals surface area (Å²) in [6.45, 7) is 10.2. The van der Waals surface area contributed by atoms with Gasteiger partial charge in [-0.1, -0.05) is 58.0 Å². The molecular formula is C17H30N2. The van der Waals surface area contributed by atoms with Crippen LogP contribution in [0.3, 0.4) is 0 Å². The molecule has 1 aromatic carbocycles. The van der Waals surface area contributed by atoms with Gasteiger partial charge in [0.15, 0.2) is 0 Å². The average molecular weight is 262 g/mol. The van der Waals surface area contributed by atoms with E-state index in [1.807, 2.05) is 0 Å². The average Bonchev–Trinajstić information content (AvgIpc) is 2.34. The SMILES string of the molecule is CC(C)C(NCC(C(C)C)N(C)C)c1ccccc1. The van der Waals surface area contributed by atoms with Crippen LogP contribution in [0.5, 0.6) is 0 Å². The highest BCUT2D eigenvalue weighted by atomic mass is 15.1. The Bertz CT molecular complexity index is 336. The van der Waals surface area contributed by atoms with E-state index in [1.165, 1.54) is 5.56 Å². The number of likely N-dealkylation sites (N-methyl/N-ethyl adjacent to an activating group) is 1. The van der Waals surface area contributed by atoms with Crippen molar-refractivity contribution in [3.05, 3.63) is 35.9 Å². The Morgan fingerprint density at radius 1 is 0.947 bits per heavy atom. The Morgan fingerprint density at radius 3 is 1.95 bits per heavy atom. The number of nitrogens with one attached hydrogen (secondary N) is 1. The third kappa shape index (κ3) is 4.96. The Labute approximate surface area is 119 Å². The first-order valence-electron chi connectivity index (χ1n) is 7.38.